The lowest BCUT2D eigenvalue weighted by atomic mass is 10.1. The van der Waals surface area contributed by atoms with Crippen LogP contribution < -0.4 is 0 Å². The number of hydrogen-bond acceptors (Lipinski definition) is 7. The quantitative estimate of drug-likeness (QED) is 0.350. The Hall–Kier alpha value is -0.253. The van der Waals surface area contributed by atoms with E-state index in [1.807, 2.05) is 44.9 Å². The van der Waals surface area contributed by atoms with Gasteiger partial charge in [-0.05, 0) is 41.5 Å². The van der Waals surface area contributed by atoms with Crippen LogP contribution in [0.1, 0.15) is 33.1 Å². The van der Waals surface area contributed by atoms with Crippen LogP contribution in [0.3, 0.4) is 0 Å². The van der Waals surface area contributed by atoms with E-state index in [-0.39, 0.29) is 10.9 Å². The van der Waals surface area contributed by atoms with E-state index in [1.165, 1.54) is 0 Å². The van der Waals surface area contributed by atoms with Gasteiger partial charge < -0.3 is 8.85 Å². The molecule has 1 aliphatic heterocycles. The molecule has 1 rings (SSSR count). The molecule has 22 heavy (non-hydrogen) atoms. The first-order chi connectivity index (χ1) is 10.2. The average Bonchev–Trinajstić information content (AvgIpc) is 2.47. The summed E-state index contributed by atoms with van der Waals surface area (Å²) in [6.45, 7) is 4.01. The van der Waals surface area contributed by atoms with Crippen molar-refractivity contribution in [3.63, 3.8) is 0 Å². The van der Waals surface area contributed by atoms with Crippen molar-refractivity contribution in [3.05, 3.63) is 0 Å². The fourth-order valence-electron chi connectivity index (χ4n) is 2.41. The lowest BCUT2D eigenvalue weighted by molar-refractivity contribution is -0.160. The van der Waals surface area contributed by atoms with E-state index in [4.69, 9.17) is 8.85 Å². The summed E-state index contributed by atoms with van der Waals surface area (Å²) in [6.07, 6.45) is 2.48. The summed E-state index contributed by atoms with van der Waals surface area (Å²) in [4.78, 5) is 27.7. The second-order valence-electron chi connectivity index (χ2n) is 6.12. The molecule has 0 aromatic carbocycles. The van der Waals surface area contributed by atoms with E-state index in [1.54, 1.807) is 7.11 Å². The molecule has 0 aromatic heterocycles. The Bertz CT molecular complexity index is 425. The summed E-state index contributed by atoms with van der Waals surface area (Å²) in [7, 11) is 6.83. The fraction of sp³-hybridized carbons (Fsp3) is 0.857. The highest BCUT2D eigenvalue weighted by Crippen LogP contribution is 2.46. The highest BCUT2D eigenvalue weighted by atomic mass is 32.2. The summed E-state index contributed by atoms with van der Waals surface area (Å²) >= 11 is 1.11. The molecule has 1 aliphatic rings. The number of thioether (sulfide) groups is 1. The van der Waals surface area contributed by atoms with E-state index < -0.39 is 19.5 Å². The van der Waals surface area contributed by atoms with Gasteiger partial charge in [-0.25, -0.2) is 0 Å². The van der Waals surface area contributed by atoms with Gasteiger partial charge in [-0.3, -0.25) is 19.4 Å². The minimum Gasteiger partial charge on any atom is -0.399 e. The van der Waals surface area contributed by atoms with Crippen molar-refractivity contribution in [2.24, 2.45) is 0 Å². The van der Waals surface area contributed by atoms with E-state index in [9.17, 15) is 9.59 Å². The van der Waals surface area contributed by atoms with Crippen LogP contribution in [-0.4, -0.2) is 75.5 Å². The highest BCUT2D eigenvalue weighted by Gasteiger charge is 2.63. The Labute approximate surface area is 139 Å². The summed E-state index contributed by atoms with van der Waals surface area (Å²) in [6, 6.07) is 0. The molecule has 1 fully saturated rings. The zero-order chi connectivity index (χ0) is 17.1. The number of carbonyl (C=O) groups is 2. The highest BCUT2D eigenvalue weighted by molar-refractivity contribution is 8.22. The Kier molecular flexibility index (Phi) is 6.79. The topological polar surface area (TPSA) is 59.1 Å². The summed E-state index contributed by atoms with van der Waals surface area (Å²) in [5.41, 5.74) is 0. The standard InChI is InChI=1S/C14H28N2O4SSi/c1-8-9-10-14(11(17)12(18)21-14)22(19-7)20-13(2,15(3)4)16(5)6/h22H,8-10H2,1-7H3. The van der Waals surface area contributed by atoms with Crippen molar-refractivity contribution in [2.75, 3.05) is 35.3 Å². The smallest absolute Gasteiger partial charge is 0.348 e. The minimum atomic E-state index is -2.41. The van der Waals surface area contributed by atoms with Crippen LogP contribution in [0.5, 0.6) is 0 Å². The fourth-order valence-corrected chi connectivity index (χ4v) is 6.82. The molecule has 0 amide bonds. The SMILES string of the molecule is CCCCC1([SiH](OC)OC(C)(N(C)C)N(C)C)SC(=O)C1=O. The molecule has 0 bridgehead atoms. The Balaban J connectivity index is 3.05. The third-order valence-corrected chi connectivity index (χ3v) is 8.79. The van der Waals surface area contributed by atoms with E-state index in [0.29, 0.717) is 6.42 Å². The van der Waals surface area contributed by atoms with Gasteiger partial charge >= 0.3 is 9.28 Å². The van der Waals surface area contributed by atoms with Crippen molar-refractivity contribution < 1.29 is 18.4 Å². The summed E-state index contributed by atoms with van der Waals surface area (Å²) < 4.78 is 11.2. The molecule has 128 valence electrons. The maximum absolute atomic E-state index is 12.3. The van der Waals surface area contributed by atoms with Crippen LogP contribution in [0, 0.1) is 0 Å². The number of nitrogens with zero attached hydrogens (tertiary/aromatic N) is 2. The molecule has 0 saturated carbocycles. The van der Waals surface area contributed by atoms with Gasteiger partial charge in [-0.15, -0.1) is 0 Å². The second-order valence-corrected chi connectivity index (χ2v) is 10.2. The van der Waals surface area contributed by atoms with Crippen molar-refractivity contribution in [1.82, 2.24) is 9.80 Å². The van der Waals surface area contributed by atoms with Crippen LogP contribution in [0.4, 0.5) is 0 Å². The zero-order valence-corrected chi connectivity index (χ0v) is 16.6. The van der Waals surface area contributed by atoms with Crippen LogP contribution in [0.15, 0.2) is 0 Å². The minimum absolute atomic E-state index is 0.329. The number of ketones is 1. The summed E-state index contributed by atoms with van der Waals surface area (Å²) in [5, 5.41) is -0.370. The number of hydrogen-bond donors (Lipinski definition) is 0. The molecule has 0 spiro atoms. The summed E-state index contributed by atoms with van der Waals surface area (Å²) in [5.74, 6) is -1.02. The molecule has 1 saturated heterocycles. The number of Topliss-reactive ketones (excluding diaryl/α,β-unsaturated/α-hetero) is 1. The van der Waals surface area contributed by atoms with Gasteiger partial charge in [0.25, 0.3) is 5.12 Å². The lowest BCUT2D eigenvalue weighted by Gasteiger charge is -2.48. The third-order valence-electron chi connectivity index (χ3n) is 4.33. The van der Waals surface area contributed by atoms with Crippen molar-refractivity contribution in [1.29, 1.82) is 0 Å². The van der Waals surface area contributed by atoms with Gasteiger partial charge in [-0.2, -0.15) is 0 Å². The number of carbonyl (C=O) groups excluding carboxylic acids is 2. The van der Waals surface area contributed by atoms with Crippen LogP contribution in [0.25, 0.3) is 0 Å². The van der Waals surface area contributed by atoms with Gasteiger partial charge in [0.05, 0.1) is 0 Å². The van der Waals surface area contributed by atoms with Gasteiger partial charge in [0.2, 0.25) is 5.78 Å². The van der Waals surface area contributed by atoms with Crippen LogP contribution >= 0.6 is 11.8 Å². The van der Waals surface area contributed by atoms with Gasteiger partial charge in [0.1, 0.15) is 4.37 Å². The molecule has 6 nitrogen and oxygen atoms in total. The van der Waals surface area contributed by atoms with Crippen LogP contribution in [-0.2, 0) is 18.4 Å². The predicted octanol–water partition coefficient (Wildman–Crippen LogP) is 0.977. The van der Waals surface area contributed by atoms with Crippen molar-refractivity contribution >= 4 is 31.9 Å². The number of unbranched alkanes of at least 4 members (excludes halogenated alkanes) is 1. The van der Waals surface area contributed by atoms with Gasteiger partial charge in [0.15, 0.2) is 5.85 Å². The Morgan fingerprint density at radius 2 is 1.77 bits per heavy atom. The first-order valence-electron chi connectivity index (χ1n) is 7.49. The largest absolute Gasteiger partial charge is 0.399 e. The maximum Gasteiger partial charge on any atom is 0.348 e. The molecule has 0 aliphatic carbocycles. The Morgan fingerprint density at radius 1 is 1.23 bits per heavy atom. The molecular formula is C14H28N2O4SSi. The van der Waals surface area contributed by atoms with E-state index in [0.717, 1.165) is 24.6 Å². The average molecular weight is 349 g/mol. The second kappa shape index (κ2) is 7.54. The molecular weight excluding hydrogens is 320 g/mol. The Morgan fingerprint density at radius 3 is 2.09 bits per heavy atom. The van der Waals surface area contributed by atoms with E-state index >= 15 is 0 Å². The molecule has 8 heteroatoms. The molecule has 2 unspecified atom stereocenters. The maximum atomic E-state index is 12.3. The number of rotatable bonds is 9. The van der Waals surface area contributed by atoms with E-state index in [2.05, 4.69) is 6.92 Å². The van der Waals surface area contributed by atoms with Crippen molar-refractivity contribution in [3.8, 4) is 0 Å². The normalized spacial score (nSPS) is 24.0. The molecule has 2 atom stereocenters. The first kappa shape index (κ1) is 19.8. The van der Waals surface area contributed by atoms with Gasteiger partial charge in [0, 0.05) is 7.11 Å². The van der Waals surface area contributed by atoms with Gasteiger partial charge in [-0.1, -0.05) is 31.5 Å². The molecule has 1 heterocycles. The molecule has 0 N–H and O–H groups in total. The van der Waals surface area contributed by atoms with Crippen LogP contribution in [0.2, 0.25) is 0 Å². The lowest BCUT2D eigenvalue weighted by Crippen LogP contribution is -2.67. The monoisotopic (exact) mass is 348 g/mol. The zero-order valence-electron chi connectivity index (χ0n) is 14.6. The predicted molar refractivity (Wildman–Crippen MR) is 90.9 cm³/mol. The van der Waals surface area contributed by atoms with Crippen molar-refractivity contribution in [2.45, 2.75) is 43.3 Å². The first-order valence-corrected chi connectivity index (χ1v) is 9.82. The third kappa shape index (κ3) is 3.47. The molecule has 0 radical (unpaired) electrons. The molecule has 0 aromatic rings.